The topological polar surface area (TPSA) is 94.3 Å². The lowest BCUT2D eigenvalue weighted by Crippen LogP contribution is -2.48. The molecule has 5 rings (SSSR count). The lowest BCUT2D eigenvalue weighted by molar-refractivity contribution is 0.0255. The molecule has 0 amide bonds. The molecule has 3 aromatic rings. The molecular weight excluding hydrogens is 402 g/mol. The molecule has 0 radical (unpaired) electrons. The minimum atomic E-state index is 0.0311. The number of ether oxygens (including phenoxy) is 1. The Morgan fingerprint density at radius 2 is 1.88 bits per heavy atom. The molecule has 0 saturated carbocycles. The molecule has 1 atom stereocenters. The Hall–Kier alpha value is -3.21. The summed E-state index contributed by atoms with van der Waals surface area (Å²) in [5.41, 5.74) is 1.59. The first-order valence-corrected chi connectivity index (χ1v) is 11.3. The fourth-order valence-corrected chi connectivity index (χ4v) is 4.91. The van der Waals surface area contributed by atoms with E-state index in [1.165, 1.54) is 6.07 Å². The quantitative estimate of drug-likeness (QED) is 0.649. The van der Waals surface area contributed by atoms with Crippen LogP contribution in [0.15, 0.2) is 42.5 Å². The van der Waals surface area contributed by atoms with Gasteiger partial charge in [0.25, 0.3) is 0 Å². The van der Waals surface area contributed by atoms with Crippen molar-refractivity contribution in [1.82, 2.24) is 15.1 Å². The standard InChI is InChI=1S/C25H27N5O2/c26-15-17-7-8-22(23(31)14-17)24-20-5-1-2-6-21(20)25(29-28-24)27-18-4-3-11-30(16-18)19-9-12-32-13-10-19/h1-2,5-8,14,18-19,31H,3-4,9-13,16H2,(H,27,29). The smallest absolute Gasteiger partial charge is 0.156 e. The van der Waals surface area contributed by atoms with Crippen LogP contribution in [-0.4, -0.2) is 58.6 Å². The number of hydrogen-bond acceptors (Lipinski definition) is 7. The summed E-state index contributed by atoms with van der Waals surface area (Å²) in [7, 11) is 0. The van der Waals surface area contributed by atoms with Gasteiger partial charge in [0.05, 0.1) is 11.6 Å². The van der Waals surface area contributed by atoms with E-state index in [9.17, 15) is 5.11 Å². The maximum atomic E-state index is 10.5. The van der Waals surface area contributed by atoms with Crippen LogP contribution in [0, 0.1) is 11.3 Å². The number of piperidine rings is 1. The molecule has 0 spiro atoms. The number of aromatic hydroxyl groups is 1. The van der Waals surface area contributed by atoms with Gasteiger partial charge < -0.3 is 15.2 Å². The Morgan fingerprint density at radius 1 is 1.06 bits per heavy atom. The van der Waals surface area contributed by atoms with Crippen molar-refractivity contribution in [2.45, 2.75) is 37.8 Å². The molecular formula is C25H27N5O2. The summed E-state index contributed by atoms with van der Waals surface area (Å²) in [6.07, 6.45) is 4.49. The van der Waals surface area contributed by atoms with Gasteiger partial charge in [-0.25, -0.2) is 0 Å². The molecule has 164 valence electrons. The predicted molar refractivity (Wildman–Crippen MR) is 123 cm³/mol. The van der Waals surface area contributed by atoms with Crippen molar-refractivity contribution in [3.05, 3.63) is 48.0 Å². The van der Waals surface area contributed by atoms with Crippen LogP contribution >= 0.6 is 0 Å². The Bertz CT molecular complexity index is 1150. The number of nitrogens with zero attached hydrogens (tertiary/aromatic N) is 4. The molecule has 7 heteroatoms. The third-order valence-electron chi connectivity index (χ3n) is 6.57. The second-order valence-corrected chi connectivity index (χ2v) is 8.61. The van der Waals surface area contributed by atoms with Crippen molar-refractivity contribution in [2.75, 3.05) is 31.6 Å². The van der Waals surface area contributed by atoms with E-state index >= 15 is 0 Å². The number of hydrogen-bond donors (Lipinski definition) is 2. The van der Waals surface area contributed by atoms with E-state index in [0.717, 1.165) is 68.6 Å². The molecule has 1 aromatic heterocycles. The maximum absolute atomic E-state index is 10.5. The fourth-order valence-electron chi connectivity index (χ4n) is 4.91. The number of phenols is 1. The maximum Gasteiger partial charge on any atom is 0.156 e. The van der Waals surface area contributed by atoms with E-state index in [2.05, 4.69) is 20.4 Å². The number of phenolic OH excluding ortho intramolecular Hbond substituents is 1. The van der Waals surface area contributed by atoms with Gasteiger partial charge in [0, 0.05) is 48.2 Å². The number of nitriles is 1. The number of rotatable bonds is 4. The Labute approximate surface area is 187 Å². The molecule has 2 aromatic carbocycles. The summed E-state index contributed by atoms with van der Waals surface area (Å²) >= 11 is 0. The van der Waals surface area contributed by atoms with Gasteiger partial charge in [-0.05, 0) is 50.4 Å². The van der Waals surface area contributed by atoms with Crippen LogP contribution in [0.4, 0.5) is 5.82 Å². The molecule has 2 fully saturated rings. The molecule has 1 unspecified atom stereocenters. The van der Waals surface area contributed by atoms with Crippen LogP contribution in [0.1, 0.15) is 31.2 Å². The van der Waals surface area contributed by atoms with Gasteiger partial charge in [-0.15, -0.1) is 10.2 Å². The average Bonchev–Trinajstić information content (AvgIpc) is 2.85. The lowest BCUT2D eigenvalue weighted by Gasteiger charge is -2.40. The minimum Gasteiger partial charge on any atom is -0.507 e. The number of anilines is 1. The fraction of sp³-hybridized carbons (Fsp3) is 0.400. The SMILES string of the molecule is N#Cc1ccc(-c2nnc(NC3CCCN(C4CCOCC4)C3)c3ccccc23)c(O)c1. The summed E-state index contributed by atoms with van der Waals surface area (Å²) in [5.74, 6) is 0.805. The second-order valence-electron chi connectivity index (χ2n) is 8.61. The Balaban J connectivity index is 1.42. The molecule has 0 aliphatic carbocycles. The third-order valence-corrected chi connectivity index (χ3v) is 6.57. The number of aromatic nitrogens is 2. The summed E-state index contributed by atoms with van der Waals surface area (Å²) in [4.78, 5) is 2.60. The van der Waals surface area contributed by atoms with Gasteiger partial charge in [-0.3, -0.25) is 4.90 Å². The highest BCUT2D eigenvalue weighted by Gasteiger charge is 2.28. The van der Waals surface area contributed by atoms with Crippen molar-refractivity contribution in [3.8, 4) is 23.1 Å². The van der Waals surface area contributed by atoms with Crippen LogP contribution in [0.25, 0.3) is 22.0 Å². The van der Waals surface area contributed by atoms with Gasteiger partial charge in [0.15, 0.2) is 5.82 Å². The molecule has 3 heterocycles. The first-order valence-electron chi connectivity index (χ1n) is 11.3. The molecule has 2 N–H and O–H groups in total. The monoisotopic (exact) mass is 429 g/mol. The zero-order valence-corrected chi connectivity index (χ0v) is 18.0. The number of likely N-dealkylation sites (tertiary alicyclic amines) is 1. The predicted octanol–water partition coefficient (Wildman–Crippen LogP) is 3.93. The van der Waals surface area contributed by atoms with Crippen LogP contribution in [0.2, 0.25) is 0 Å². The average molecular weight is 430 g/mol. The van der Waals surface area contributed by atoms with Crippen molar-refractivity contribution in [2.24, 2.45) is 0 Å². The van der Waals surface area contributed by atoms with Crippen LogP contribution in [0.3, 0.4) is 0 Å². The molecule has 2 aliphatic rings. The first kappa shape index (κ1) is 20.7. The highest BCUT2D eigenvalue weighted by Crippen LogP contribution is 2.35. The minimum absolute atomic E-state index is 0.0311. The van der Waals surface area contributed by atoms with E-state index in [1.807, 2.05) is 30.3 Å². The van der Waals surface area contributed by atoms with Crippen LogP contribution < -0.4 is 5.32 Å². The van der Waals surface area contributed by atoms with Crippen molar-refractivity contribution in [1.29, 1.82) is 5.26 Å². The summed E-state index contributed by atoms with van der Waals surface area (Å²) < 4.78 is 5.54. The van der Waals surface area contributed by atoms with Crippen molar-refractivity contribution >= 4 is 16.6 Å². The van der Waals surface area contributed by atoms with E-state index in [0.29, 0.717) is 28.9 Å². The third kappa shape index (κ3) is 4.12. The highest BCUT2D eigenvalue weighted by atomic mass is 16.5. The lowest BCUT2D eigenvalue weighted by atomic mass is 9.99. The van der Waals surface area contributed by atoms with E-state index in [1.54, 1.807) is 12.1 Å². The number of fused-ring (bicyclic) bond motifs is 1. The Kier molecular flexibility index (Phi) is 5.89. The van der Waals surface area contributed by atoms with E-state index < -0.39 is 0 Å². The molecule has 2 saturated heterocycles. The van der Waals surface area contributed by atoms with E-state index in [4.69, 9.17) is 10.00 Å². The normalized spacial score (nSPS) is 20.2. The summed E-state index contributed by atoms with van der Waals surface area (Å²) in [6, 6.07) is 15.8. The van der Waals surface area contributed by atoms with Gasteiger partial charge >= 0.3 is 0 Å². The highest BCUT2D eigenvalue weighted by molar-refractivity contribution is 6.00. The van der Waals surface area contributed by atoms with Crippen molar-refractivity contribution < 1.29 is 9.84 Å². The van der Waals surface area contributed by atoms with Crippen LogP contribution in [-0.2, 0) is 4.74 Å². The summed E-state index contributed by atoms with van der Waals surface area (Å²) in [6.45, 7) is 3.86. The number of nitrogens with one attached hydrogen (secondary N) is 1. The second kappa shape index (κ2) is 9.11. The number of benzene rings is 2. The molecule has 7 nitrogen and oxygen atoms in total. The zero-order valence-electron chi connectivity index (χ0n) is 18.0. The molecule has 32 heavy (non-hydrogen) atoms. The van der Waals surface area contributed by atoms with Gasteiger partial charge in [0.2, 0.25) is 0 Å². The Morgan fingerprint density at radius 3 is 2.66 bits per heavy atom. The zero-order chi connectivity index (χ0) is 21.9. The summed E-state index contributed by atoms with van der Waals surface area (Å²) in [5, 5.41) is 34.1. The van der Waals surface area contributed by atoms with Gasteiger partial charge in [-0.1, -0.05) is 24.3 Å². The van der Waals surface area contributed by atoms with E-state index in [-0.39, 0.29) is 5.75 Å². The van der Waals surface area contributed by atoms with Gasteiger partial charge in [0.1, 0.15) is 11.4 Å². The first-order chi connectivity index (χ1) is 15.7. The van der Waals surface area contributed by atoms with Crippen LogP contribution in [0.5, 0.6) is 5.75 Å². The van der Waals surface area contributed by atoms with Gasteiger partial charge in [-0.2, -0.15) is 5.26 Å². The van der Waals surface area contributed by atoms with Crippen molar-refractivity contribution in [3.63, 3.8) is 0 Å². The molecule has 2 aliphatic heterocycles. The largest absolute Gasteiger partial charge is 0.507 e. The molecule has 0 bridgehead atoms.